The van der Waals surface area contributed by atoms with E-state index < -0.39 is 11.7 Å². The molecule has 1 spiro atoms. The average molecular weight is 366 g/mol. The van der Waals surface area contributed by atoms with Crippen LogP contribution in [0, 0.1) is 6.92 Å². The van der Waals surface area contributed by atoms with Crippen molar-refractivity contribution in [1.29, 1.82) is 0 Å². The number of benzene rings is 1. The Labute approximate surface area is 160 Å². The first-order valence-electron chi connectivity index (χ1n) is 9.71. The Kier molecular flexibility index (Phi) is 4.98. The molecular weight excluding hydrogens is 340 g/mol. The zero-order valence-corrected chi connectivity index (χ0v) is 15.7. The molecule has 3 heterocycles. The molecule has 0 radical (unpaired) electrons. The van der Waals surface area contributed by atoms with Crippen LogP contribution in [-0.4, -0.2) is 52.3 Å². The van der Waals surface area contributed by atoms with E-state index in [4.69, 9.17) is 4.74 Å². The number of hydrogen-bond donors (Lipinski definition) is 1. The third-order valence-corrected chi connectivity index (χ3v) is 5.98. The fourth-order valence-electron chi connectivity index (χ4n) is 4.25. The highest BCUT2D eigenvalue weighted by atomic mass is 16.5. The molecule has 2 fully saturated rings. The number of aliphatic hydroxyl groups excluding tert-OH is 1. The quantitative estimate of drug-likeness (QED) is 0.887. The van der Waals surface area contributed by atoms with Gasteiger partial charge in [0.05, 0.1) is 11.7 Å². The van der Waals surface area contributed by atoms with Gasteiger partial charge in [0, 0.05) is 37.7 Å². The third kappa shape index (κ3) is 3.49. The summed E-state index contributed by atoms with van der Waals surface area (Å²) in [6, 6.07) is 9.78. The monoisotopic (exact) mass is 366 g/mol. The van der Waals surface area contributed by atoms with E-state index in [0.29, 0.717) is 38.1 Å². The molecular formula is C22H26N2O3. The molecule has 0 saturated carbocycles. The summed E-state index contributed by atoms with van der Waals surface area (Å²) in [5.41, 5.74) is 3.59. The van der Waals surface area contributed by atoms with Crippen LogP contribution in [0.3, 0.4) is 0 Å². The second-order valence-electron chi connectivity index (χ2n) is 7.63. The Morgan fingerprint density at radius 3 is 2.63 bits per heavy atom. The van der Waals surface area contributed by atoms with Gasteiger partial charge in [-0.1, -0.05) is 12.1 Å². The molecule has 5 nitrogen and oxygen atoms in total. The lowest BCUT2D eigenvalue weighted by Gasteiger charge is -2.46. The number of nitrogens with zero attached hydrogens (tertiary/aromatic N) is 2. The van der Waals surface area contributed by atoms with Crippen LogP contribution >= 0.6 is 0 Å². The molecule has 2 aliphatic rings. The summed E-state index contributed by atoms with van der Waals surface area (Å²) in [4.78, 5) is 18.9. The molecule has 0 unspecified atom stereocenters. The van der Waals surface area contributed by atoms with Gasteiger partial charge >= 0.3 is 0 Å². The van der Waals surface area contributed by atoms with Crippen molar-refractivity contribution < 1.29 is 14.6 Å². The van der Waals surface area contributed by atoms with E-state index in [1.807, 2.05) is 48.4 Å². The Hall–Kier alpha value is -2.24. The smallest absolute Gasteiger partial charge is 0.253 e. The highest BCUT2D eigenvalue weighted by molar-refractivity contribution is 5.94. The van der Waals surface area contributed by atoms with E-state index >= 15 is 0 Å². The summed E-state index contributed by atoms with van der Waals surface area (Å²) in [5, 5.41) is 10.4. The minimum absolute atomic E-state index is 0.0492. The molecule has 1 amide bonds. The lowest BCUT2D eigenvalue weighted by Crippen LogP contribution is -2.56. The number of carbonyl (C=O) groups is 1. The molecule has 2 aromatic rings. The van der Waals surface area contributed by atoms with Gasteiger partial charge in [-0.2, -0.15) is 0 Å². The Morgan fingerprint density at radius 1 is 1.22 bits per heavy atom. The van der Waals surface area contributed by atoms with Crippen molar-refractivity contribution in [3.05, 3.63) is 53.9 Å². The molecule has 2 saturated heterocycles. The lowest BCUT2D eigenvalue weighted by atomic mass is 9.82. The predicted molar refractivity (Wildman–Crippen MR) is 103 cm³/mol. The summed E-state index contributed by atoms with van der Waals surface area (Å²) < 4.78 is 5.94. The molecule has 27 heavy (non-hydrogen) atoms. The molecule has 1 aromatic carbocycles. The zero-order valence-electron chi connectivity index (χ0n) is 15.7. The number of hydrogen-bond acceptors (Lipinski definition) is 4. The van der Waals surface area contributed by atoms with Gasteiger partial charge in [0.15, 0.2) is 0 Å². The zero-order chi connectivity index (χ0) is 18.9. The standard InChI is InChI=1S/C22H26N2O3/c1-16-15-23-11-8-19(16)17-4-6-18(7-5-17)21(26)24-12-9-22(10-13-24)20(25)3-2-14-27-22/h4-8,11,15,20,25H,2-3,9-10,12-14H2,1H3/t20-/m1/s1. The van der Waals surface area contributed by atoms with E-state index in [1.54, 1.807) is 6.20 Å². The average Bonchev–Trinajstić information content (AvgIpc) is 2.71. The predicted octanol–water partition coefficient (Wildman–Crippen LogP) is 3.20. The summed E-state index contributed by atoms with van der Waals surface area (Å²) in [6.07, 6.45) is 6.33. The second-order valence-corrected chi connectivity index (χ2v) is 7.63. The first-order valence-corrected chi connectivity index (χ1v) is 9.71. The van der Waals surface area contributed by atoms with E-state index in [9.17, 15) is 9.90 Å². The first-order chi connectivity index (χ1) is 13.1. The van der Waals surface area contributed by atoms with Crippen molar-refractivity contribution in [2.75, 3.05) is 19.7 Å². The number of aromatic nitrogens is 1. The highest BCUT2D eigenvalue weighted by Gasteiger charge is 2.44. The number of likely N-dealkylation sites (tertiary alicyclic amines) is 1. The topological polar surface area (TPSA) is 62.7 Å². The third-order valence-electron chi connectivity index (χ3n) is 5.98. The van der Waals surface area contributed by atoms with Gasteiger partial charge in [-0.3, -0.25) is 9.78 Å². The van der Waals surface area contributed by atoms with Gasteiger partial charge in [-0.25, -0.2) is 0 Å². The van der Waals surface area contributed by atoms with Gasteiger partial charge in [-0.15, -0.1) is 0 Å². The number of aliphatic hydroxyl groups is 1. The number of pyridine rings is 1. The highest BCUT2D eigenvalue weighted by Crippen LogP contribution is 2.35. The Balaban J connectivity index is 1.44. The van der Waals surface area contributed by atoms with Gasteiger partial charge in [0.1, 0.15) is 0 Å². The van der Waals surface area contributed by atoms with E-state index in [1.165, 1.54) is 0 Å². The molecule has 4 rings (SSSR count). The van der Waals surface area contributed by atoms with Crippen LogP contribution in [0.25, 0.3) is 11.1 Å². The molecule has 5 heteroatoms. The number of amides is 1. The van der Waals surface area contributed by atoms with Crippen molar-refractivity contribution >= 4 is 5.91 Å². The van der Waals surface area contributed by atoms with Crippen LogP contribution in [0.2, 0.25) is 0 Å². The van der Waals surface area contributed by atoms with Gasteiger partial charge in [-0.05, 0) is 67.5 Å². The van der Waals surface area contributed by atoms with Crippen molar-refractivity contribution in [2.45, 2.75) is 44.3 Å². The molecule has 1 aromatic heterocycles. The molecule has 0 aliphatic carbocycles. The van der Waals surface area contributed by atoms with Crippen LogP contribution in [-0.2, 0) is 4.74 Å². The van der Waals surface area contributed by atoms with E-state index in [-0.39, 0.29) is 5.91 Å². The van der Waals surface area contributed by atoms with Gasteiger partial charge in [0.25, 0.3) is 5.91 Å². The van der Waals surface area contributed by atoms with E-state index in [2.05, 4.69) is 4.98 Å². The van der Waals surface area contributed by atoms with Gasteiger partial charge < -0.3 is 14.7 Å². The molecule has 1 N–H and O–H groups in total. The Bertz CT molecular complexity index is 811. The fourth-order valence-corrected chi connectivity index (χ4v) is 4.25. The number of rotatable bonds is 2. The normalized spacial score (nSPS) is 22.0. The maximum atomic E-state index is 12.9. The van der Waals surface area contributed by atoms with E-state index in [0.717, 1.165) is 29.5 Å². The van der Waals surface area contributed by atoms with Crippen LogP contribution in [0.15, 0.2) is 42.7 Å². The molecule has 0 bridgehead atoms. The van der Waals surface area contributed by atoms with Crippen molar-refractivity contribution in [3.8, 4) is 11.1 Å². The summed E-state index contributed by atoms with van der Waals surface area (Å²) in [5.74, 6) is 0.0492. The SMILES string of the molecule is Cc1cnccc1-c1ccc(C(=O)N2CCC3(CC2)OCCC[C@H]3O)cc1. The lowest BCUT2D eigenvalue weighted by molar-refractivity contribution is -0.174. The number of ether oxygens (including phenoxy) is 1. The largest absolute Gasteiger partial charge is 0.390 e. The Morgan fingerprint density at radius 2 is 1.96 bits per heavy atom. The maximum Gasteiger partial charge on any atom is 0.253 e. The second kappa shape index (κ2) is 7.41. The molecule has 142 valence electrons. The number of piperidine rings is 1. The first kappa shape index (κ1) is 18.1. The van der Waals surface area contributed by atoms with Crippen LogP contribution in [0.1, 0.15) is 41.6 Å². The molecule has 2 aliphatic heterocycles. The maximum absolute atomic E-state index is 12.9. The minimum atomic E-state index is -0.447. The van der Waals surface area contributed by atoms with Crippen LogP contribution in [0.5, 0.6) is 0 Å². The van der Waals surface area contributed by atoms with Crippen molar-refractivity contribution in [2.24, 2.45) is 0 Å². The van der Waals surface area contributed by atoms with Gasteiger partial charge in [0.2, 0.25) is 0 Å². The summed E-state index contributed by atoms with van der Waals surface area (Å²) in [6.45, 7) is 4.00. The fraction of sp³-hybridized carbons (Fsp3) is 0.455. The molecule has 1 atom stereocenters. The van der Waals surface area contributed by atoms with Crippen molar-refractivity contribution in [1.82, 2.24) is 9.88 Å². The number of carbonyl (C=O) groups excluding carboxylic acids is 1. The van der Waals surface area contributed by atoms with Crippen LogP contribution < -0.4 is 0 Å². The van der Waals surface area contributed by atoms with Crippen LogP contribution in [0.4, 0.5) is 0 Å². The summed E-state index contributed by atoms with van der Waals surface area (Å²) >= 11 is 0. The number of aryl methyl sites for hydroxylation is 1. The van der Waals surface area contributed by atoms with Crippen molar-refractivity contribution in [3.63, 3.8) is 0 Å². The summed E-state index contributed by atoms with van der Waals surface area (Å²) in [7, 11) is 0. The minimum Gasteiger partial charge on any atom is -0.390 e.